The maximum absolute atomic E-state index is 11.1. The van der Waals surface area contributed by atoms with Gasteiger partial charge in [-0.25, -0.2) is 0 Å². The zero-order valence-corrected chi connectivity index (χ0v) is 11.3. The second kappa shape index (κ2) is 4.49. The molecule has 0 radical (unpaired) electrons. The molecule has 0 aromatic carbocycles. The molecule has 14 heavy (non-hydrogen) atoms. The smallest absolute Gasteiger partial charge is 0.268 e. The fourth-order valence-electron chi connectivity index (χ4n) is 1.84. The monoisotopic (exact) mass is 330 g/mol. The Morgan fingerprint density at radius 2 is 1.86 bits per heavy atom. The van der Waals surface area contributed by atoms with Crippen LogP contribution in [0.3, 0.4) is 0 Å². The van der Waals surface area contributed by atoms with Gasteiger partial charge in [0, 0.05) is 4.43 Å². The van der Waals surface area contributed by atoms with Gasteiger partial charge in [0.15, 0.2) is 0 Å². The number of allylic oxidation sites excluding steroid dienone is 2. The minimum Gasteiger partial charge on any atom is -0.285 e. The summed E-state index contributed by atoms with van der Waals surface area (Å²) in [6.45, 7) is 3.98. The first-order chi connectivity index (χ1) is 6.36. The quantitative estimate of drug-likeness (QED) is 0.366. The van der Waals surface area contributed by atoms with Crippen LogP contribution in [0.15, 0.2) is 11.1 Å². The molecule has 1 rings (SSSR count). The Bertz CT molecular complexity index is 345. The lowest BCUT2D eigenvalue weighted by Gasteiger charge is -2.29. The van der Waals surface area contributed by atoms with E-state index in [1.54, 1.807) is 0 Å². The highest BCUT2D eigenvalue weighted by atomic mass is 127. The third kappa shape index (κ3) is 2.70. The van der Waals surface area contributed by atoms with Crippen LogP contribution < -0.4 is 0 Å². The van der Waals surface area contributed by atoms with Gasteiger partial charge in [0.1, 0.15) is 0 Å². The van der Waals surface area contributed by atoms with Crippen molar-refractivity contribution in [3.8, 4) is 0 Å². The van der Waals surface area contributed by atoms with E-state index in [0.29, 0.717) is 6.42 Å². The molecule has 0 fully saturated rings. The highest BCUT2D eigenvalue weighted by Crippen LogP contribution is 2.34. The molecule has 0 bridgehead atoms. The molecule has 2 unspecified atom stereocenters. The van der Waals surface area contributed by atoms with Gasteiger partial charge in [0.05, 0.1) is 5.25 Å². The predicted octanol–water partition coefficient (Wildman–Crippen LogP) is 2.42. The van der Waals surface area contributed by atoms with E-state index >= 15 is 0 Å². The van der Waals surface area contributed by atoms with Crippen molar-refractivity contribution < 1.29 is 13.0 Å². The van der Waals surface area contributed by atoms with Crippen LogP contribution in [0.1, 0.15) is 26.7 Å². The van der Waals surface area contributed by atoms with Gasteiger partial charge in [-0.1, -0.05) is 33.7 Å². The fourth-order valence-corrected chi connectivity index (χ4v) is 4.25. The summed E-state index contributed by atoms with van der Waals surface area (Å²) in [7, 11) is -3.88. The van der Waals surface area contributed by atoms with Crippen LogP contribution in [-0.2, 0) is 10.1 Å². The van der Waals surface area contributed by atoms with Crippen molar-refractivity contribution in [1.82, 2.24) is 0 Å². The summed E-state index contributed by atoms with van der Waals surface area (Å²) in [4.78, 5) is 0. The summed E-state index contributed by atoms with van der Waals surface area (Å²) < 4.78 is 32.1. The minimum absolute atomic E-state index is 0.0642. The Hall–Kier alpha value is 0.380. The van der Waals surface area contributed by atoms with E-state index in [1.165, 1.54) is 5.57 Å². The summed E-state index contributed by atoms with van der Waals surface area (Å²) >= 11 is 2.18. The van der Waals surface area contributed by atoms with E-state index in [9.17, 15) is 8.42 Å². The first-order valence-electron chi connectivity index (χ1n) is 4.53. The molecular formula is C9H15IO3S. The van der Waals surface area contributed by atoms with Crippen molar-refractivity contribution in [1.29, 1.82) is 0 Å². The maximum Gasteiger partial charge on any atom is 0.268 e. The number of hydrogen-bond donors (Lipinski definition) is 1. The standard InChI is InChI=1S/C9H15IO3S/c1-6-3-8(5-10)9(4-7(6)2)14(11,12)13/h8-9H,3-5H2,1-2H3,(H,11,12,13). The molecule has 1 aliphatic carbocycles. The van der Waals surface area contributed by atoms with E-state index in [2.05, 4.69) is 22.6 Å². The predicted molar refractivity (Wildman–Crippen MR) is 65.3 cm³/mol. The average molecular weight is 330 g/mol. The normalized spacial score (nSPS) is 29.4. The molecule has 2 atom stereocenters. The van der Waals surface area contributed by atoms with Gasteiger partial charge in [-0.2, -0.15) is 8.42 Å². The SMILES string of the molecule is CC1=C(C)CC(S(=O)(=O)O)C(CI)C1. The largest absolute Gasteiger partial charge is 0.285 e. The zero-order valence-electron chi connectivity index (χ0n) is 8.33. The lowest BCUT2D eigenvalue weighted by Crippen LogP contribution is -2.33. The molecule has 5 heteroatoms. The Morgan fingerprint density at radius 1 is 1.36 bits per heavy atom. The zero-order chi connectivity index (χ0) is 10.9. The molecule has 1 N–H and O–H groups in total. The van der Waals surface area contributed by atoms with Crippen LogP contribution in [0.2, 0.25) is 0 Å². The van der Waals surface area contributed by atoms with E-state index < -0.39 is 15.4 Å². The van der Waals surface area contributed by atoms with Crippen molar-refractivity contribution in [3.05, 3.63) is 11.1 Å². The van der Waals surface area contributed by atoms with E-state index in [0.717, 1.165) is 16.4 Å². The molecule has 0 spiro atoms. The lowest BCUT2D eigenvalue weighted by molar-refractivity contribution is 0.421. The van der Waals surface area contributed by atoms with E-state index in [-0.39, 0.29) is 5.92 Å². The number of rotatable bonds is 2. The van der Waals surface area contributed by atoms with Crippen LogP contribution in [0.5, 0.6) is 0 Å². The highest BCUT2D eigenvalue weighted by Gasteiger charge is 2.34. The molecule has 0 aromatic heterocycles. The summed E-state index contributed by atoms with van der Waals surface area (Å²) in [5, 5.41) is -0.594. The van der Waals surface area contributed by atoms with Crippen LogP contribution in [-0.4, -0.2) is 22.6 Å². The van der Waals surface area contributed by atoms with Crippen molar-refractivity contribution in [3.63, 3.8) is 0 Å². The third-order valence-electron chi connectivity index (χ3n) is 2.91. The molecule has 0 aromatic rings. The maximum atomic E-state index is 11.1. The summed E-state index contributed by atoms with van der Waals surface area (Å²) in [6.07, 6.45) is 1.28. The van der Waals surface area contributed by atoms with Gasteiger partial charge < -0.3 is 0 Å². The summed E-state index contributed by atoms with van der Waals surface area (Å²) in [6, 6.07) is 0. The van der Waals surface area contributed by atoms with Crippen LogP contribution in [0.25, 0.3) is 0 Å². The number of alkyl halides is 1. The highest BCUT2D eigenvalue weighted by molar-refractivity contribution is 14.1. The summed E-state index contributed by atoms with van der Waals surface area (Å²) in [5.41, 5.74) is 2.38. The average Bonchev–Trinajstić information content (AvgIpc) is 2.07. The van der Waals surface area contributed by atoms with Gasteiger partial charge in [-0.15, -0.1) is 0 Å². The lowest BCUT2D eigenvalue weighted by atomic mass is 9.86. The second-order valence-electron chi connectivity index (χ2n) is 3.94. The summed E-state index contributed by atoms with van der Waals surface area (Å²) in [5.74, 6) is 0.0642. The molecule has 0 heterocycles. The van der Waals surface area contributed by atoms with Crippen molar-refractivity contribution in [2.24, 2.45) is 5.92 Å². The minimum atomic E-state index is -3.88. The molecule has 0 aliphatic heterocycles. The van der Waals surface area contributed by atoms with Crippen LogP contribution in [0, 0.1) is 5.92 Å². The second-order valence-corrected chi connectivity index (χ2v) is 6.45. The van der Waals surface area contributed by atoms with Gasteiger partial charge in [-0.05, 0) is 32.6 Å². The van der Waals surface area contributed by atoms with Gasteiger partial charge in [-0.3, -0.25) is 4.55 Å². The van der Waals surface area contributed by atoms with Crippen molar-refractivity contribution >= 4 is 32.7 Å². The number of halogens is 1. The van der Waals surface area contributed by atoms with Gasteiger partial charge in [0.25, 0.3) is 10.1 Å². The van der Waals surface area contributed by atoms with Gasteiger partial charge in [0.2, 0.25) is 0 Å². The Morgan fingerprint density at radius 3 is 2.29 bits per heavy atom. The number of hydrogen-bond acceptors (Lipinski definition) is 2. The van der Waals surface area contributed by atoms with Gasteiger partial charge >= 0.3 is 0 Å². The first kappa shape index (κ1) is 12.4. The van der Waals surface area contributed by atoms with Crippen molar-refractivity contribution in [2.75, 3.05) is 4.43 Å². The van der Waals surface area contributed by atoms with Crippen LogP contribution >= 0.6 is 22.6 Å². The van der Waals surface area contributed by atoms with Crippen LogP contribution in [0.4, 0.5) is 0 Å². The molecule has 0 saturated carbocycles. The topological polar surface area (TPSA) is 54.4 Å². The Balaban J connectivity index is 2.98. The third-order valence-corrected chi connectivity index (χ3v) is 5.36. The van der Waals surface area contributed by atoms with E-state index in [4.69, 9.17) is 4.55 Å². The molecule has 0 amide bonds. The Kier molecular flexibility index (Phi) is 3.99. The fraction of sp³-hybridized carbons (Fsp3) is 0.778. The molecular weight excluding hydrogens is 315 g/mol. The molecule has 82 valence electrons. The Labute approximate surface area is 98.9 Å². The first-order valence-corrected chi connectivity index (χ1v) is 7.56. The van der Waals surface area contributed by atoms with Crippen molar-refractivity contribution in [2.45, 2.75) is 31.9 Å². The van der Waals surface area contributed by atoms with E-state index in [1.807, 2.05) is 13.8 Å². The molecule has 1 aliphatic rings. The molecule has 3 nitrogen and oxygen atoms in total. The molecule has 0 saturated heterocycles.